The van der Waals surface area contributed by atoms with Crippen molar-refractivity contribution in [2.24, 2.45) is 29.6 Å². The number of hydrogen-bond acceptors (Lipinski definition) is 4. The summed E-state index contributed by atoms with van der Waals surface area (Å²) in [5.41, 5.74) is 0. The Morgan fingerprint density at radius 2 is 1.60 bits per heavy atom. The van der Waals surface area contributed by atoms with E-state index in [-0.39, 0.29) is 12.0 Å². The fourth-order valence-electron chi connectivity index (χ4n) is 5.74. The Bertz CT molecular complexity index is 526. The van der Waals surface area contributed by atoms with E-state index < -0.39 is 0 Å². The number of hydrogen-bond donors (Lipinski definition) is 0. The van der Waals surface area contributed by atoms with Crippen molar-refractivity contribution >= 4 is 12.0 Å². The Balaban J connectivity index is 1.29. The van der Waals surface area contributed by atoms with Gasteiger partial charge in [0.1, 0.15) is 0 Å². The zero-order valence-corrected chi connectivity index (χ0v) is 15.7. The Hall–Kier alpha value is -1.30. The number of carbonyl (C=O) groups is 2. The van der Waals surface area contributed by atoms with Crippen LogP contribution in [0.3, 0.4) is 0 Å². The van der Waals surface area contributed by atoms with Crippen molar-refractivity contribution in [1.29, 1.82) is 0 Å². The van der Waals surface area contributed by atoms with Gasteiger partial charge in [-0.05, 0) is 50.9 Å². The third-order valence-corrected chi connectivity index (χ3v) is 7.01. The molecular formula is C19H31N3O3. The molecule has 140 valence electrons. The summed E-state index contributed by atoms with van der Waals surface area (Å²) in [6.45, 7) is 11.9. The summed E-state index contributed by atoms with van der Waals surface area (Å²) in [6.07, 6.45) is 1.10. The van der Waals surface area contributed by atoms with E-state index in [1.807, 2.05) is 16.7 Å². The molecule has 0 N–H and O–H groups in total. The first kappa shape index (κ1) is 17.1. The molecule has 6 heteroatoms. The Morgan fingerprint density at radius 1 is 1.00 bits per heavy atom. The predicted molar refractivity (Wildman–Crippen MR) is 94.0 cm³/mol. The maximum atomic E-state index is 12.6. The van der Waals surface area contributed by atoms with Gasteiger partial charge in [0.15, 0.2) is 0 Å². The van der Waals surface area contributed by atoms with Crippen LogP contribution < -0.4 is 0 Å². The summed E-state index contributed by atoms with van der Waals surface area (Å²) in [5.74, 6) is 3.01. The third-order valence-electron chi connectivity index (χ3n) is 7.01. The number of fused-ring (bicyclic) bond motifs is 3. The first-order valence-corrected chi connectivity index (χ1v) is 10.0. The Morgan fingerprint density at radius 3 is 2.12 bits per heavy atom. The van der Waals surface area contributed by atoms with Crippen LogP contribution in [-0.2, 0) is 9.53 Å². The molecule has 5 fully saturated rings. The van der Waals surface area contributed by atoms with Gasteiger partial charge in [-0.1, -0.05) is 0 Å². The Kier molecular flexibility index (Phi) is 4.42. The van der Waals surface area contributed by atoms with Crippen LogP contribution in [-0.4, -0.2) is 78.6 Å². The number of nitrogens with zero attached hydrogens (tertiary/aromatic N) is 3. The minimum Gasteiger partial charge on any atom is -0.450 e. The van der Waals surface area contributed by atoms with Crippen molar-refractivity contribution in [3.8, 4) is 0 Å². The molecule has 5 aliphatic rings. The van der Waals surface area contributed by atoms with Crippen molar-refractivity contribution < 1.29 is 14.3 Å². The molecule has 0 aromatic rings. The summed E-state index contributed by atoms with van der Waals surface area (Å²) < 4.78 is 5.15. The third kappa shape index (κ3) is 2.73. The smallest absolute Gasteiger partial charge is 0.409 e. The maximum Gasteiger partial charge on any atom is 0.409 e. The van der Waals surface area contributed by atoms with Gasteiger partial charge < -0.3 is 14.5 Å². The molecule has 2 aliphatic carbocycles. The number of amides is 2. The second-order valence-corrected chi connectivity index (χ2v) is 8.17. The van der Waals surface area contributed by atoms with Crippen LogP contribution in [0.25, 0.3) is 0 Å². The molecule has 0 radical (unpaired) electrons. The number of likely N-dealkylation sites (tertiary alicyclic amines) is 1. The van der Waals surface area contributed by atoms with E-state index >= 15 is 0 Å². The van der Waals surface area contributed by atoms with E-state index in [2.05, 4.69) is 18.7 Å². The van der Waals surface area contributed by atoms with Crippen LogP contribution >= 0.6 is 0 Å². The Labute approximate surface area is 150 Å². The quantitative estimate of drug-likeness (QED) is 0.755. The van der Waals surface area contributed by atoms with Crippen LogP contribution in [0.5, 0.6) is 0 Å². The fraction of sp³-hybridized carbons (Fsp3) is 0.895. The molecule has 3 saturated heterocycles. The number of carbonyl (C=O) groups excluding carboxylic acids is 2. The van der Waals surface area contributed by atoms with E-state index in [9.17, 15) is 9.59 Å². The second kappa shape index (κ2) is 6.45. The number of ether oxygens (including phenoxy) is 1. The van der Waals surface area contributed by atoms with Gasteiger partial charge in [0.25, 0.3) is 0 Å². The molecule has 2 saturated carbocycles. The number of piperidine rings is 3. The maximum absolute atomic E-state index is 12.6. The molecule has 0 aromatic carbocycles. The van der Waals surface area contributed by atoms with Gasteiger partial charge in [0.2, 0.25) is 5.91 Å². The highest BCUT2D eigenvalue weighted by Gasteiger charge is 2.63. The molecule has 2 amide bonds. The predicted octanol–water partition coefficient (Wildman–Crippen LogP) is 1.51. The van der Waals surface area contributed by atoms with Gasteiger partial charge in [-0.3, -0.25) is 9.69 Å². The zero-order chi connectivity index (χ0) is 17.7. The highest BCUT2D eigenvalue weighted by molar-refractivity contribution is 5.82. The van der Waals surface area contributed by atoms with Crippen LogP contribution in [0.2, 0.25) is 0 Å². The van der Waals surface area contributed by atoms with E-state index in [4.69, 9.17) is 4.74 Å². The van der Waals surface area contributed by atoms with E-state index in [1.54, 1.807) is 0 Å². The average Bonchev–Trinajstić information content (AvgIpc) is 3.11. The lowest BCUT2D eigenvalue weighted by Gasteiger charge is -2.56. The molecule has 0 aromatic heterocycles. The first-order valence-electron chi connectivity index (χ1n) is 10.0. The molecule has 4 unspecified atom stereocenters. The highest BCUT2D eigenvalue weighted by atomic mass is 16.6. The van der Waals surface area contributed by atoms with Gasteiger partial charge in [0, 0.05) is 51.2 Å². The fourth-order valence-corrected chi connectivity index (χ4v) is 5.74. The summed E-state index contributed by atoms with van der Waals surface area (Å²) >= 11 is 0. The van der Waals surface area contributed by atoms with Crippen LogP contribution in [0.4, 0.5) is 4.79 Å². The number of rotatable bonds is 5. The van der Waals surface area contributed by atoms with Gasteiger partial charge in [-0.25, -0.2) is 4.79 Å². The summed E-state index contributed by atoms with van der Waals surface area (Å²) in [6, 6.07) is 0.627. The minimum atomic E-state index is -0.148. The second-order valence-electron chi connectivity index (χ2n) is 8.17. The molecule has 0 spiro atoms. The minimum absolute atomic E-state index is 0.148. The molecule has 5 rings (SSSR count). The van der Waals surface area contributed by atoms with Gasteiger partial charge in [0.05, 0.1) is 6.61 Å². The topological polar surface area (TPSA) is 53.1 Å². The van der Waals surface area contributed by atoms with Crippen LogP contribution in [0, 0.1) is 29.6 Å². The molecule has 4 atom stereocenters. The molecule has 3 aliphatic heterocycles. The molecular weight excluding hydrogens is 318 g/mol. The lowest BCUT2D eigenvalue weighted by molar-refractivity contribution is -0.133. The zero-order valence-electron chi connectivity index (χ0n) is 15.7. The first-order chi connectivity index (χ1) is 12.1. The van der Waals surface area contributed by atoms with Gasteiger partial charge >= 0.3 is 6.09 Å². The van der Waals surface area contributed by atoms with Gasteiger partial charge in [-0.15, -0.1) is 0 Å². The molecule has 6 nitrogen and oxygen atoms in total. The van der Waals surface area contributed by atoms with Gasteiger partial charge in [-0.2, -0.15) is 0 Å². The molecule has 3 heterocycles. The largest absolute Gasteiger partial charge is 0.450 e. The van der Waals surface area contributed by atoms with Crippen molar-refractivity contribution in [2.45, 2.75) is 33.2 Å². The average molecular weight is 349 g/mol. The van der Waals surface area contributed by atoms with E-state index in [1.165, 1.54) is 6.42 Å². The standard InChI is InChI=1S/C19H31N3O3/c1-4-20(5-2)18(23)16-14-10-21(11-15(14)16)17-12-7-13(17)9-22(8-12)19(24)25-6-3/h12-17H,4-11H2,1-3H3. The SMILES string of the molecule is CCOC(=O)N1CC2CC(C1)C2N1CC2C(C1)C2C(=O)N(CC)CC. The van der Waals surface area contributed by atoms with Crippen molar-refractivity contribution in [2.75, 3.05) is 45.9 Å². The highest BCUT2D eigenvalue weighted by Crippen LogP contribution is 2.56. The summed E-state index contributed by atoms with van der Waals surface area (Å²) in [7, 11) is 0. The van der Waals surface area contributed by atoms with E-state index in [0.29, 0.717) is 42.2 Å². The normalized spacial score (nSPS) is 38.8. The molecule has 2 bridgehead atoms. The van der Waals surface area contributed by atoms with E-state index in [0.717, 1.165) is 39.3 Å². The van der Waals surface area contributed by atoms with Crippen molar-refractivity contribution in [3.63, 3.8) is 0 Å². The lowest BCUT2D eigenvalue weighted by Crippen LogP contribution is -2.65. The van der Waals surface area contributed by atoms with Crippen molar-refractivity contribution in [1.82, 2.24) is 14.7 Å². The van der Waals surface area contributed by atoms with Crippen molar-refractivity contribution in [3.05, 3.63) is 0 Å². The molecule has 25 heavy (non-hydrogen) atoms. The monoisotopic (exact) mass is 349 g/mol. The van der Waals surface area contributed by atoms with Crippen LogP contribution in [0.15, 0.2) is 0 Å². The van der Waals surface area contributed by atoms with Crippen LogP contribution in [0.1, 0.15) is 27.2 Å². The lowest BCUT2D eigenvalue weighted by atomic mass is 9.65. The summed E-state index contributed by atoms with van der Waals surface area (Å²) in [4.78, 5) is 31.0. The summed E-state index contributed by atoms with van der Waals surface area (Å²) in [5, 5.41) is 0.